The first-order valence-corrected chi connectivity index (χ1v) is 8.54. The van der Waals surface area contributed by atoms with E-state index in [1.54, 1.807) is 11.3 Å². The van der Waals surface area contributed by atoms with E-state index in [0.717, 1.165) is 28.0 Å². The second kappa shape index (κ2) is 6.02. The molecule has 0 amide bonds. The van der Waals surface area contributed by atoms with E-state index in [0.29, 0.717) is 11.6 Å². The summed E-state index contributed by atoms with van der Waals surface area (Å²) in [7, 11) is 0. The summed E-state index contributed by atoms with van der Waals surface area (Å²) in [6.07, 6.45) is 0.874. The van der Waals surface area contributed by atoms with Crippen molar-refractivity contribution in [3.8, 4) is 11.5 Å². The van der Waals surface area contributed by atoms with E-state index in [1.807, 2.05) is 31.2 Å². The molecule has 5 heteroatoms. The molecule has 4 nitrogen and oxygen atoms in total. The molecule has 0 radical (unpaired) electrons. The van der Waals surface area contributed by atoms with Gasteiger partial charge in [-0.05, 0) is 30.7 Å². The van der Waals surface area contributed by atoms with Gasteiger partial charge in [0, 0.05) is 17.0 Å². The van der Waals surface area contributed by atoms with E-state index < -0.39 is 0 Å². The van der Waals surface area contributed by atoms with Crippen molar-refractivity contribution in [1.29, 1.82) is 0 Å². The summed E-state index contributed by atoms with van der Waals surface area (Å²) in [5.41, 5.74) is 9.13. The van der Waals surface area contributed by atoms with Crippen LogP contribution in [-0.4, -0.2) is 15.0 Å². The van der Waals surface area contributed by atoms with E-state index in [1.165, 1.54) is 10.4 Å². The molecule has 3 aromatic heterocycles. The van der Waals surface area contributed by atoms with Gasteiger partial charge in [-0.3, -0.25) is 0 Å². The highest BCUT2D eigenvalue weighted by molar-refractivity contribution is 7.18. The molecule has 0 aliphatic rings. The lowest BCUT2D eigenvalue weighted by atomic mass is 10.1. The van der Waals surface area contributed by atoms with Crippen molar-refractivity contribution < 1.29 is 0 Å². The SMILES string of the molecule is Cc1cccc(-c2nc(N)c3cc(Cc4ccccc4)sc3n2)n1. The molecule has 4 rings (SSSR count). The highest BCUT2D eigenvalue weighted by atomic mass is 32.1. The molecular weight excluding hydrogens is 316 g/mol. The first-order chi connectivity index (χ1) is 11.7. The van der Waals surface area contributed by atoms with Gasteiger partial charge in [-0.15, -0.1) is 11.3 Å². The Kier molecular flexibility index (Phi) is 3.70. The maximum Gasteiger partial charge on any atom is 0.181 e. The minimum absolute atomic E-state index is 0.508. The Balaban J connectivity index is 1.75. The zero-order chi connectivity index (χ0) is 16.5. The number of pyridine rings is 1. The van der Waals surface area contributed by atoms with Crippen molar-refractivity contribution in [1.82, 2.24) is 15.0 Å². The fraction of sp³-hybridized carbons (Fsp3) is 0.105. The van der Waals surface area contributed by atoms with Gasteiger partial charge in [0.05, 0.1) is 5.39 Å². The number of fused-ring (bicyclic) bond motifs is 1. The van der Waals surface area contributed by atoms with Crippen LogP contribution >= 0.6 is 11.3 Å². The summed E-state index contributed by atoms with van der Waals surface area (Å²) in [6.45, 7) is 1.95. The fourth-order valence-electron chi connectivity index (χ4n) is 2.66. The van der Waals surface area contributed by atoms with Crippen molar-refractivity contribution in [2.45, 2.75) is 13.3 Å². The number of aromatic nitrogens is 3. The first kappa shape index (κ1) is 14.8. The maximum atomic E-state index is 6.17. The number of thiophene rings is 1. The van der Waals surface area contributed by atoms with Crippen LogP contribution in [0.1, 0.15) is 16.1 Å². The second-order valence-corrected chi connectivity index (χ2v) is 6.81. The van der Waals surface area contributed by atoms with Crippen LogP contribution in [0.25, 0.3) is 21.7 Å². The van der Waals surface area contributed by atoms with E-state index in [9.17, 15) is 0 Å². The maximum absolute atomic E-state index is 6.17. The van der Waals surface area contributed by atoms with Crippen molar-refractivity contribution in [2.75, 3.05) is 5.73 Å². The van der Waals surface area contributed by atoms with Crippen LogP contribution in [-0.2, 0) is 6.42 Å². The van der Waals surface area contributed by atoms with E-state index in [2.05, 4.69) is 45.3 Å². The average molecular weight is 332 g/mol. The summed E-state index contributed by atoms with van der Waals surface area (Å²) >= 11 is 1.66. The number of aryl methyl sites for hydroxylation is 1. The molecule has 0 fully saturated rings. The number of benzene rings is 1. The lowest BCUT2D eigenvalue weighted by molar-refractivity contribution is 1.14. The molecular formula is C19H16N4S. The molecule has 0 atom stereocenters. The minimum atomic E-state index is 0.508. The van der Waals surface area contributed by atoms with Crippen molar-refractivity contribution in [3.05, 3.63) is 70.7 Å². The van der Waals surface area contributed by atoms with Crippen LogP contribution in [0.3, 0.4) is 0 Å². The number of nitrogens with two attached hydrogens (primary N) is 1. The van der Waals surface area contributed by atoms with E-state index >= 15 is 0 Å². The summed E-state index contributed by atoms with van der Waals surface area (Å²) in [5.74, 6) is 1.09. The Morgan fingerprint density at radius 3 is 2.58 bits per heavy atom. The van der Waals surface area contributed by atoms with Crippen LogP contribution in [0, 0.1) is 6.92 Å². The minimum Gasteiger partial charge on any atom is -0.383 e. The van der Waals surface area contributed by atoms with Gasteiger partial charge in [0.25, 0.3) is 0 Å². The molecule has 0 saturated heterocycles. The monoisotopic (exact) mass is 332 g/mol. The number of anilines is 1. The van der Waals surface area contributed by atoms with Gasteiger partial charge in [-0.2, -0.15) is 0 Å². The van der Waals surface area contributed by atoms with Gasteiger partial charge in [0.1, 0.15) is 16.3 Å². The second-order valence-electron chi connectivity index (χ2n) is 5.69. The number of hydrogen-bond acceptors (Lipinski definition) is 5. The smallest absolute Gasteiger partial charge is 0.181 e. The fourth-order valence-corrected chi connectivity index (χ4v) is 3.73. The predicted molar refractivity (Wildman–Crippen MR) is 99.0 cm³/mol. The Labute approximate surface area is 144 Å². The van der Waals surface area contributed by atoms with Crippen molar-refractivity contribution in [2.24, 2.45) is 0 Å². The quantitative estimate of drug-likeness (QED) is 0.609. The van der Waals surface area contributed by atoms with E-state index in [4.69, 9.17) is 5.73 Å². The Morgan fingerprint density at radius 2 is 1.79 bits per heavy atom. The van der Waals surface area contributed by atoms with E-state index in [-0.39, 0.29) is 0 Å². The Morgan fingerprint density at radius 1 is 0.958 bits per heavy atom. The predicted octanol–water partition coefficient (Wildman–Crippen LogP) is 4.23. The van der Waals surface area contributed by atoms with Gasteiger partial charge < -0.3 is 5.73 Å². The van der Waals surface area contributed by atoms with Crippen LogP contribution < -0.4 is 5.73 Å². The Bertz CT molecular complexity index is 1010. The number of nitrogen functional groups attached to an aromatic ring is 1. The largest absolute Gasteiger partial charge is 0.383 e. The first-order valence-electron chi connectivity index (χ1n) is 7.73. The molecule has 0 spiro atoms. The zero-order valence-corrected chi connectivity index (χ0v) is 14.0. The highest BCUT2D eigenvalue weighted by Crippen LogP contribution is 2.30. The van der Waals surface area contributed by atoms with Crippen molar-refractivity contribution in [3.63, 3.8) is 0 Å². The molecule has 0 bridgehead atoms. The Hall–Kier alpha value is -2.79. The van der Waals surface area contributed by atoms with Crippen LogP contribution in [0.4, 0.5) is 5.82 Å². The third-order valence-corrected chi connectivity index (χ3v) is 4.84. The average Bonchev–Trinajstić information content (AvgIpc) is 2.99. The topological polar surface area (TPSA) is 64.7 Å². The number of rotatable bonds is 3. The summed E-state index contributed by atoms with van der Waals surface area (Å²) in [5, 5.41) is 0.919. The van der Waals surface area contributed by atoms with Crippen LogP contribution in [0.15, 0.2) is 54.6 Å². The van der Waals surface area contributed by atoms with Gasteiger partial charge in [0.2, 0.25) is 0 Å². The molecule has 0 saturated carbocycles. The molecule has 0 aliphatic carbocycles. The van der Waals surface area contributed by atoms with Gasteiger partial charge in [-0.1, -0.05) is 36.4 Å². The number of nitrogens with zero attached hydrogens (tertiary/aromatic N) is 3. The molecule has 2 N–H and O–H groups in total. The molecule has 1 aromatic carbocycles. The molecule has 3 heterocycles. The van der Waals surface area contributed by atoms with Gasteiger partial charge in [0.15, 0.2) is 5.82 Å². The van der Waals surface area contributed by atoms with Crippen LogP contribution in [0.2, 0.25) is 0 Å². The normalized spacial score (nSPS) is 11.0. The summed E-state index contributed by atoms with van der Waals surface area (Å²) in [4.78, 5) is 15.7. The zero-order valence-electron chi connectivity index (χ0n) is 13.2. The summed E-state index contributed by atoms with van der Waals surface area (Å²) < 4.78 is 0. The van der Waals surface area contributed by atoms with Crippen molar-refractivity contribution >= 4 is 27.4 Å². The highest BCUT2D eigenvalue weighted by Gasteiger charge is 2.12. The third-order valence-electron chi connectivity index (χ3n) is 3.81. The molecule has 24 heavy (non-hydrogen) atoms. The standard InChI is InChI=1S/C19H16N4S/c1-12-6-5-9-16(21-12)18-22-17(20)15-11-14(24-19(15)23-18)10-13-7-3-2-4-8-13/h2-9,11H,10H2,1H3,(H2,20,22,23). The van der Waals surface area contributed by atoms with Gasteiger partial charge >= 0.3 is 0 Å². The lowest BCUT2D eigenvalue weighted by Gasteiger charge is -2.02. The summed E-state index contributed by atoms with van der Waals surface area (Å²) in [6, 6.07) is 18.3. The molecule has 0 aliphatic heterocycles. The molecule has 118 valence electrons. The lowest BCUT2D eigenvalue weighted by Crippen LogP contribution is -1.97. The molecule has 4 aromatic rings. The molecule has 0 unspecified atom stereocenters. The van der Waals surface area contributed by atoms with Gasteiger partial charge in [-0.25, -0.2) is 15.0 Å². The third kappa shape index (κ3) is 2.86. The van der Waals surface area contributed by atoms with Crippen LogP contribution in [0.5, 0.6) is 0 Å². The number of hydrogen-bond donors (Lipinski definition) is 1.